The highest BCUT2D eigenvalue weighted by Crippen LogP contribution is 2.41. The van der Waals surface area contributed by atoms with Gasteiger partial charge in [0.05, 0.1) is 30.4 Å². The average molecular weight is 330 g/mol. The maximum Gasteiger partial charge on any atom is 0.184 e. The van der Waals surface area contributed by atoms with E-state index < -0.39 is 0 Å². The highest BCUT2D eigenvalue weighted by molar-refractivity contribution is 9.10. The lowest BCUT2D eigenvalue weighted by Gasteiger charge is -2.15. The second kappa shape index (κ2) is 5.66. The minimum absolute atomic E-state index is 0.0419. The maximum atomic E-state index is 5.71. The van der Waals surface area contributed by atoms with Gasteiger partial charge in [0.2, 0.25) is 0 Å². The largest absolute Gasteiger partial charge is 0.490 e. The first-order chi connectivity index (χ1) is 9.28. The first kappa shape index (κ1) is 13.2. The summed E-state index contributed by atoms with van der Waals surface area (Å²) in [6, 6.07) is 3.85. The van der Waals surface area contributed by atoms with Crippen molar-refractivity contribution in [2.24, 2.45) is 5.73 Å². The summed E-state index contributed by atoms with van der Waals surface area (Å²) >= 11 is 3.51. The van der Waals surface area contributed by atoms with Crippen LogP contribution in [0.1, 0.15) is 18.3 Å². The summed E-state index contributed by atoms with van der Waals surface area (Å²) in [6.07, 6.45) is 0.448. The molecule has 2 heterocycles. The third-order valence-corrected chi connectivity index (χ3v) is 3.70. The monoisotopic (exact) mass is 329 g/mol. The lowest BCUT2D eigenvalue weighted by molar-refractivity contribution is -0.0587. The Hall–Kier alpha value is -0.820. The Morgan fingerprint density at radius 3 is 2.89 bits per heavy atom. The van der Waals surface area contributed by atoms with Crippen molar-refractivity contribution in [1.29, 1.82) is 0 Å². The molecule has 6 heteroatoms. The van der Waals surface area contributed by atoms with Gasteiger partial charge in [-0.3, -0.25) is 0 Å². The van der Waals surface area contributed by atoms with Crippen LogP contribution in [0.5, 0.6) is 11.5 Å². The van der Waals surface area contributed by atoms with Crippen LogP contribution in [0.15, 0.2) is 16.6 Å². The minimum atomic E-state index is -0.387. The Kier molecular flexibility index (Phi) is 3.93. The highest BCUT2D eigenvalue weighted by atomic mass is 79.9. The molecule has 1 fully saturated rings. The van der Waals surface area contributed by atoms with Crippen LogP contribution in [0.3, 0.4) is 0 Å². The van der Waals surface area contributed by atoms with Crippen molar-refractivity contribution in [1.82, 2.24) is 0 Å². The molecule has 2 atom stereocenters. The predicted octanol–water partition coefficient (Wildman–Crippen LogP) is 1.98. The Labute approximate surface area is 120 Å². The fraction of sp³-hybridized carbons (Fsp3) is 0.538. The number of ether oxygens (including phenoxy) is 4. The third kappa shape index (κ3) is 2.72. The van der Waals surface area contributed by atoms with Gasteiger partial charge in [0.15, 0.2) is 17.8 Å². The molecule has 5 nitrogen and oxygen atoms in total. The Balaban J connectivity index is 1.87. The van der Waals surface area contributed by atoms with Crippen LogP contribution in [0.25, 0.3) is 0 Å². The van der Waals surface area contributed by atoms with Crippen LogP contribution in [0.2, 0.25) is 0 Å². The first-order valence-corrected chi connectivity index (χ1v) is 7.13. The summed E-state index contributed by atoms with van der Waals surface area (Å²) in [5.41, 5.74) is 6.49. The summed E-state index contributed by atoms with van der Waals surface area (Å²) in [5, 5.41) is 0. The fourth-order valence-electron chi connectivity index (χ4n) is 2.13. The number of hydrogen-bond donors (Lipinski definition) is 1. The molecule has 0 bridgehead atoms. The molecular formula is C13H16BrNO4. The lowest BCUT2D eigenvalue weighted by Crippen LogP contribution is -2.21. The van der Waals surface area contributed by atoms with Gasteiger partial charge in [-0.05, 0) is 28.1 Å². The van der Waals surface area contributed by atoms with Crippen molar-refractivity contribution in [2.45, 2.75) is 18.8 Å². The summed E-state index contributed by atoms with van der Waals surface area (Å²) in [4.78, 5) is 0. The number of hydrogen-bond acceptors (Lipinski definition) is 5. The van der Waals surface area contributed by atoms with Gasteiger partial charge in [0.25, 0.3) is 0 Å². The highest BCUT2D eigenvalue weighted by Gasteiger charge is 2.28. The van der Waals surface area contributed by atoms with Crippen molar-refractivity contribution < 1.29 is 18.9 Å². The van der Waals surface area contributed by atoms with E-state index in [0.29, 0.717) is 26.4 Å². The van der Waals surface area contributed by atoms with Crippen LogP contribution in [0.4, 0.5) is 0 Å². The smallest absolute Gasteiger partial charge is 0.184 e. The summed E-state index contributed by atoms with van der Waals surface area (Å²) < 4.78 is 23.5. The Morgan fingerprint density at radius 2 is 2.11 bits per heavy atom. The van der Waals surface area contributed by atoms with E-state index in [2.05, 4.69) is 15.9 Å². The summed E-state index contributed by atoms with van der Waals surface area (Å²) in [6.45, 7) is 2.30. The quantitative estimate of drug-likeness (QED) is 0.898. The molecule has 2 aliphatic rings. The second-order valence-corrected chi connectivity index (χ2v) is 5.39. The molecule has 2 aliphatic heterocycles. The van der Waals surface area contributed by atoms with Gasteiger partial charge >= 0.3 is 0 Å². The van der Waals surface area contributed by atoms with Crippen LogP contribution in [-0.2, 0) is 9.47 Å². The molecule has 2 unspecified atom stereocenters. The van der Waals surface area contributed by atoms with Gasteiger partial charge in [0.1, 0.15) is 0 Å². The van der Waals surface area contributed by atoms with Crippen molar-refractivity contribution in [2.75, 3.05) is 26.4 Å². The maximum absolute atomic E-state index is 5.71. The molecule has 0 radical (unpaired) electrons. The normalized spacial score (nSPS) is 26.2. The van der Waals surface area contributed by atoms with Crippen molar-refractivity contribution in [3.8, 4) is 11.5 Å². The van der Waals surface area contributed by atoms with Gasteiger partial charge in [0, 0.05) is 18.5 Å². The van der Waals surface area contributed by atoms with E-state index in [0.717, 1.165) is 28.0 Å². The molecule has 0 amide bonds. The molecule has 0 aromatic heterocycles. The van der Waals surface area contributed by atoms with E-state index in [4.69, 9.17) is 24.7 Å². The second-order valence-electron chi connectivity index (χ2n) is 4.54. The molecule has 1 aromatic carbocycles. The molecule has 1 saturated heterocycles. The topological polar surface area (TPSA) is 62.9 Å². The van der Waals surface area contributed by atoms with Gasteiger partial charge in [-0.2, -0.15) is 0 Å². The number of rotatable bonds is 2. The Morgan fingerprint density at radius 1 is 1.26 bits per heavy atom. The molecule has 2 N–H and O–H groups in total. The van der Waals surface area contributed by atoms with E-state index in [9.17, 15) is 0 Å². The molecule has 19 heavy (non-hydrogen) atoms. The molecule has 0 spiro atoms. The zero-order valence-corrected chi connectivity index (χ0v) is 12.0. The van der Waals surface area contributed by atoms with Crippen LogP contribution < -0.4 is 15.2 Å². The van der Waals surface area contributed by atoms with Crippen LogP contribution >= 0.6 is 15.9 Å². The summed E-state index contributed by atoms with van der Waals surface area (Å²) in [7, 11) is 0. The number of fused-ring (bicyclic) bond motifs is 1. The van der Waals surface area contributed by atoms with E-state index in [1.165, 1.54) is 0 Å². The fourth-order valence-corrected chi connectivity index (χ4v) is 2.71. The zero-order valence-electron chi connectivity index (χ0n) is 10.4. The van der Waals surface area contributed by atoms with Crippen molar-refractivity contribution in [3.63, 3.8) is 0 Å². The SMILES string of the molecule is NCC1COC(c2cc(Br)c3c(c2)OCCCO3)O1. The Bertz CT molecular complexity index is 468. The number of nitrogens with two attached hydrogens (primary N) is 1. The standard InChI is InChI=1S/C13H16BrNO4/c14-10-4-8(13-18-7-9(6-15)19-13)5-11-12(10)17-3-1-2-16-11/h4-5,9,13H,1-3,6-7,15H2. The minimum Gasteiger partial charge on any atom is -0.490 e. The average Bonchev–Trinajstić information content (AvgIpc) is 2.77. The molecule has 0 aliphatic carbocycles. The molecule has 0 saturated carbocycles. The van der Waals surface area contributed by atoms with Crippen molar-refractivity contribution in [3.05, 3.63) is 22.2 Å². The zero-order chi connectivity index (χ0) is 13.2. The lowest BCUT2D eigenvalue weighted by atomic mass is 10.2. The van der Waals surface area contributed by atoms with E-state index >= 15 is 0 Å². The molecular weight excluding hydrogens is 314 g/mol. The van der Waals surface area contributed by atoms with Gasteiger partial charge in [-0.15, -0.1) is 0 Å². The van der Waals surface area contributed by atoms with Crippen molar-refractivity contribution >= 4 is 15.9 Å². The van der Waals surface area contributed by atoms with E-state index in [1.807, 2.05) is 12.1 Å². The van der Waals surface area contributed by atoms with Crippen LogP contribution in [-0.4, -0.2) is 32.5 Å². The third-order valence-electron chi connectivity index (χ3n) is 3.11. The summed E-state index contributed by atoms with van der Waals surface area (Å²) in [5.74, 6) is 1.47. The molecule has 104 valence electrons. The number of halogens is 1. The predicted molar refractivity (Wildman–Crippen MR) is 72.4 cm³/mol. The van der Waals surface area contributed by atoms with E-state index in [1.54, 1.807) is 0 Å². The number of benzene rings is 1. The van der Waals surface area contributed by atoms with E-state index in [-0.39, 0.29) is 12.4 Å². The van der Waals surface area contributed by atoms with Gasteiger partial charge in [-0.25, -0.2) is 0 Å². The van der Waals surface area contributed by atoms with Crippen LogP contribution in [0, 0.1) is 0 Å². The molecule has 3 rings (SSSR count). The molecule has 1 aromatic rings. The first-order valence-electron chi connectivity index (χ1n) is 6.34. The van der Waals surface area contributed by atoms with Gasteiger partial charge in [-0.1, -0.05) is 0 Å². The van der Waals surface area contributed by atoms with Gasteiger partial charge < -0.3 is 24.7 Å².